The minimum Gasteiger partial charge on any atom is -0.427 e. The van der Waals surface area contributed by atoms with E-state index < -0.39 is 8.60 Å². The SMILES string of the molecule is CCCCCCCCCCCCCCCOP(OCCCCCCCCCCCCCCC)Oc1ccccc1. The molecule has 0 saturated heterocycles. The Morgan fingerprint density at radius 2 is 0.700 bits per heavy atom. The van der Waals surface area contributed by atoms with Crippen molar-refractivity contribution >= 4 is 8.60 Å². The number of hydrogen-bond acceptors (Lipinski definition) is 3. The molecule has 0 aliphatic heterocycles. The predicted octanol–water partition coefficient (Wildman–Crippen LogP) is 13.5. The lowest BCUT2D eigenvalue weighted by atomic mass is 10.0. The van der Waals surface area contributed by atoms with Crippen molar-refractivity contribution in [2.45, 2.75) is 181 Å². The number of para-hydroxylation sites is 1. The summed E-state index contributed by atoms with van der Waals surface area (Å²) < 4.78 is 18.2. The highest BCUT2D eigenvalue weighted by molar-refractivity contribution is 7.42. The van der Waals surface area contributed by atoms with Crippen LogP contribution in [0.15, 0.2) is 30.3 Å². The molecule has 40 heavy (non-hydrogen) atoms. The molecule has 0 amide bonds. The van der Waals surface area contributed by atoms with Gasteiger partial charge in [-0.1, -0.05) is 186 Å². The van der Waals surface area contributed by atoms with Crippen LogP contribution in [0.2, 0.25) is 0 Å². The standard InChI is InChI=1S/C36H67O3P/c1-3-5-7-9-11-13-15-17-19-21-23-25-30-34-37-40(39-36-32-28-27-29-33-36)38-35-31-26-24-22-20-18-16-14-12-10-8-6-4-2/h27-29,32-33H,3-26,30-31,34-35H2,1-2H3. The molecule has 0 atom stereocenters. The second-order valence-corrected chi connectivity index (χ2v) is 12.9. The summed E-state index contributed by atoms with van der Waals surface area (Å²) in [5, 5.41) is 0. The third-order valence-electron chi connectivity index (χ3n) is 7.81. The Labute approximate surface area is 251 Å². The Morgan fingerprint density at radius 1 is 0.400 bits per heavy atom. The van der Waals surface area contributed by atoms with Gasteiger partial charge in [0.05, 0.1) is 13.2 Å². The maximum atomic E-state index is 6.08. The number of hydrogen-bond donors (Lipinski definition) is 0. The summed E-state index contributed by atoms with van der Waals surface area (Å²) in [6.07, 6.45) is 35.5. The van der Waals surface area contributed by atoms with Crippen molar-refractivity contribution in [1.29, 1.82) is 0 Å². The molecule has 1 aromatic carbocycles. The summed E-state index contributed by atoms with van der Waals surface area (Å²) in [5.41, 5.74) is 0. The summed E-state index contributed by atoms with van der Waals surface area (Å²) in [7, 11) is -1.32. The Kier molecular flexibility index (Phi) is 29.3. The molecule has 0 heterocycles. The van der Waals surface area contributed by atoms with E-state index in [0.29, 0.717) is 0 Å². The van der Waals surface area contributed by atoms with Crippen LogP contribution >= 0.6 is 8.60 Å². The molecule has 1 aromatic rings. The fourth-order valence-electron chi connectivity index (χ4n) is 5.18. The zero-order chi connectivity index (χ0) is 28.6. The molecule has 0 bridgehead atoms. The van der Waals surface area contributed by atoms with Crippen molar-refractivity contribution in [1.82, 2.24) is 0 Å². The van der Waals surface area contributed by atoms with Crippen LogP contribution in [0.4, 0.5) is 0 Å². The Hall–Kier alpha value is -0.630. The van der Waals surface area contributed by atoms with Crippen molar-refractivity contribution in [3.8, 4) is 5.75 Å². The molecule has 0 aromatic heterocycles. The monoisotopic (exact) mass is 578 g/mol. The van der Waals surface area contributed by atoms with Crippen LogP contribution in [0, 0.1) is 0 Å². The Bertz CT molecular complexity index is 565. The molecule has 0 radical (unpaired) electrons. The van der Waals surface area contributed by atoms with Gasteiger partial charge in [-0.2, -0.15) is 0 Å². The second-order valence-electron chi connectivity index (χ2n) is 11.8. The van der Waals surface area contributed by atoms with Gasteiger partial charge in [0, 0.05) is 0 Å². The van der Waals surface area contributed by atoms with Crippen LogP contribution < -0.4 is 4.52 Å². The third kappa shape index (κ3) is 26.3. The molecule has 4 heteroatoms. The van der Waals surface area contributed by atoms with Gasteiger partial charge in [-0.3, -0.25) is 0 Å². The van der Waals surface area contributed by atoms with Crippen LogP contribution in [-0.2, 0) is 9.05 Å². The third-order valence-corrected chi connectivity index (χ3v) is 8.96. The van der Waals surface area contributed by atoms with Crippen molar-refractivity contribution in [2.75, 3.05) is 13.2 Å². The summed E-state index contributed by atoms with van der Waals surface area (Å²) in [6.45, 7) is 6.04. The molecule has 1 rings (SSSR count). The lowest BCUT2D eigenvalue weighted by molar-refractivity contribution is 0.198. The summed E-state index contributed by atoms with van der Waals surface area (Å²) in [4.78, 5) is 0. The van der Waals surface area contributed by atoms with Gasteiger partial charge in [0.15, 0.2) is 0 Å². The topological polar surface area (TPSA) is 27.7 Å². The van der Waals surface area contributed by atoms with E-state index in [0.717, 1.165) is 31.8 Å². The molecule has 0 aliphatic carbocycles. The van der Waals surface area contributed by atoms with E-state index in [4.69, 9.17) is 13.6 Å². The van der Waals surface area contributed by atoms with Gasteiger partial charge in [0.2, 0.25) is 0 Å². The number of unbranched alkanes of at least 4 members (excludes halogenated alkanes) is 24. The zero-order valence-corrected chi connectivity index (χ0v) is 27.8. The fraction of sp³-hybridized carbons (Fsp3) is 0.833. The first-order valence-corrected chi connectivity index (χ1v) is 18.7. The lowest BCUT2D eigenvalue weighted by Crippen LogP contribution is -2.01. The van der Waals surface area contributed by atoms with Gasteiger partial charge in [0.25, 0.3) is 0 Å². The largest absolute Gasteiger partial charge is 0.427 e. The Morgan fingerprint density at radius 3 is 1.02 bits per heavy atom. The highest BCUT2D eigenvalue weighted by atomic mass is 31.2. The minimum atomic E-state index is -1.32. The number of rotatable bonds is 32. The van der Waals surface area contributed by atoms with E-state index in [1.54, 1.807) is 0 Å². The first-order valence-electron chi connectivity index (χ1n) is 17.7. The average Bonchev–Trinajstić information content (AvgIpc) is 2.97. The minimum absolute atomic E-state index is 0.731. The van der Waals surface area contributed by atoms with Gasteiger partial charge in [-0.15, -0.1) is 0 Å². The lowest BCUT2D eigenvalue weighted by Gasteiger charge is -2.17. The average molecular weight is 579 g/mol. The zero-order valence-electron chi connectivity index (χ0n) is 26.9. The molecule has 0 fully saturated rings. The van der Waals surface area contributed by atoms with E-state index in [2.05, 4.69) is 13.8 Å². The van der Waals surface area contributed by atoms with Crippen LogP contribution in [0.3, 0.4) is 0 Å². The van der Waals surface area contributed by atoms with E-state index in [9.17, 15) is 0 Å². The van der Waals surface area contributed by atoms with Gasteiger partial charge in [-0.25, -0.2) is 0 Å². The fourth-order valence-corrected chi connectivity index (χ4v) is 6.21. The highest BCUT2D eigenvalue weighted by Crippen LogP contribution is 2.41. The number of benzene rings is 1. The molecule has 0 N–H and O–H groups in total. The second kappa shape index (κ2) is 31.3. The van der Waals surface area contributed by atoms with E-state index in [1.807, 2.05) is 30.3 Å². The van der Waals surface area contributed by atoms with Crippen LogP contribution in [0.25, 0.3) is 0 Å². The normalized spacial score (nSPS) is 11.5. The van der Waals surface area contributed by atoms with Gasteiger partial charge in [-0.05, 0) is 25.0 Å². The smallest absolute Gasteiger partial charge is 0.397 e. The van der Waals surface area contributed by atoms with Crippen molar-refractivity contribution < 1.29 is 13.6 Å². The molecule has 0 saturated carbocycles. The molecule has 234 valence electrons. The molecule has 3 nitrogen and oxygen atoms in total. The maximum absolute atomic E-state index is 6.08. The molecular weight excluding hydrogens is 511 g/mol. The maximum Gasteiger partial charge on any atom is 0.397 e. The molecule has 0 aliphatic rings. The first kappa shape index (κ1) is 37.4. The van der Waals surface area contributed by atoms with Crippen molar-refractivity contribution in [3.63, 3.8) is 0 Å². The summed E-state index contributed by atoms with van der Waals surface area (Å²) in [6, 6.07) is 9.98. The van der Waals surface area contributed by atoms with Crippen LogP contribution in [0.5, 0.6) is 5.75 Å². The van der Waals surface area contributed by atoms with Gasteiger partial charge >= 0.3 is 8.60 Å². The van der Waals surface area contributed by atoms with Crippen molar-refractivity contribution in [3.05, 3.63) is 30.3 Å². The molecule has 0 unspecified atom stereocenters. The van der Waals surface area contributed by atoms with Crippen LogP contribution in [-0.4, -0.2) is 13.2 Å². The van der Waals surface area contributed by atoms with Crippen molar-refractivity contribution in [2.24, 2.45) is 0 Å². The highest BCUT2D eigenvalue weighted by Gasteiger charge is 2.14. The molecular formula is C36H67O3P. The molecule has 0 spiro atoms. The quantitative estimate of drug-likeness (QED) is 0.0628. The van der Waals surface area contributed by atoms with Crippen LogP contribution in [0.1, 0.15) is 181 Å². The Balaban J connectivity index is 2.02. The predicted molar refractivity (Wildman–Crippen MR) is 177 cm³/mol. The van der Waals surface area contributed by atoms with Gasteiger partial charge in [0.1, 0.15) is 5.75 Å². The van der Waals surface area contributed by atoms with Gasteiger partial charge < -0.3 is 13.6 Å². The van der Waals surface area contributed by atoms with E-state index in [1.165, 1.54) is 154 Å². The van der Waals surface area contributed by atoms with E-state index in [-0.39, 0.29) is 0 Å². The van der Waals surface area contributed by atoms with E-state index >= 15 is 0 Å². The summed E-state index contributed by atoms with van der Waals surface area (Å²) >= 11 is 0. The summed E-state index contributed by atoms with van der Waals surface area (Å²) in [5.74, 6) is 0.837. The first-order chi connectivity index (χ1) is 19.9.